The van der Waals surface area contributed by atoms with Crippen LogP contribution in [0.15, 0.2) is 0 Å². The zero-order chi connectivity index (χ0) is 10.6. The lowest BCUT2D eigenvalue weighted by Gasteiger charge is -2.27. The molecule has 0 bridgehead atoms. The number of carbonyl (C=O) groups excluding carboxylic acids is 1. The molecule has 0 aliphatic heterocycles. The van der Waals surface area contributed by atoms with Crippen LogP contribution in [0.25, 0.3) is 0 Å². The van der Waals surface area contributed by atoms with Crippen molar-refractivity contribution in [2.75, 3.05) is 13.6 Å². The van der Waals surface area contributed by atoms with Crippen LogP contribution in [0.2, 0.25) is 0 Å². The molecule has 1 fully saturated rings. The minimum Gasteiger partial charge on any atom is -0.343 e. The van der Waals surface area contributed by atoms with Gasteiger partial charge in [-0.2, -0.15) is 0 Å². The molecule has 0 heterocycles. The largest absolute Gasteiger partial charge is 0.343 e. The van der Waals surface area contributed by atoms with Gasteiger partial charge in [0.2, 0.25) is 5.91 Å². The van der Waals surface area contributed by atoms with E-state index in [-0.39, 0.29) is 6.04 Å². The van der Waals surface area contributed by atoms with Gasteiger partial charge < -0.3 is 10.6 Å². The highest BCUT2D eigenvalue weighted by atomic mass is 16.2. The summed E-state index contributed by atoms with van der Waals surface area (Å²) in [6, 6.07) is 0.285. The number of nitrogens with zero attached hydrogens (tertiary/aromatic N) is 1. The van der Waals surface area contributed by atoms with Gasteiger partial charge in [-0.1, -0.05) is 12.8 Å². The van der Waals surface area contributed by atoms with Crippen molar-refractivity contribution in [3.05, 3.63) is 0 Å². The second-order valence-corrected chi connectivity index (χ2v) is 4.36. The molecule has 0 aromatic heterocycles. The summed E-state index contributed by atoms with van der Waals surface area (Å²) in [6.07, 6.45) is 5.50. The van der Waals surface area contributed by atoms with E-state index < -0.39 is 0 Å². The van der Waals surface area contributed by atoms with E-state index in [0.717, 1.165) is 19.3 Å². The van der Waals surface area contributed by atoms with Crippen LogP contribution in [0.5, 0.6) is 0 Å². The molecule has 1 rings (SSSR count). The SMILES string of the molecule is CC(CCN)N(C)C(=O)C1CCCC1. The Morgan fingerprint density at radius 2 is 2.07 bits per heavy atom. The summed E-state index contributed by atoms with van der Waals surface area (Å²) in [5, 5.41) is 0. The average Bonchev–Trinajstić information content (AvgIpc) is 2.68. The second kappa shape index (κ2) is 5.35. The van der Waals surface area contributed by atoms with Crippen LogP contribution in [0.1, 0.15) is 39.0 Å². The van der Waals surface area contributed by atoms with Gasteiger partial charge in [-0.3, -0.25) is 4.79 Å². The molecule has 1 atom stereocenters. The molecule has 14 heavy (non-hydrogen) atoms. The summed E-state index contributed by atoms with van der Waals surface area (Å²) >= 11 is 0. The lowest BCUT2D eigenvalue weighted by atomic mass is 10.1. The molecule has 0 aromatic carbocycles. The molecular weight excluding hydrogens is 176 g/mol. The molecule has 3 heteroatoms. The van der Waals surface area contributed by atoms with E-state index >= 15 is 0 Å². The first-order valence-electron chi connectivity index (χ1n) is 5.63. The van der Waals surface area contributed by atoms with Crippen molar-refractivity contribution in [1.29, 1.82) is 0 Å². The summed E-state index contributed by atoms with van der Waals surface area (Å²) in [6.45, 7) is 2.73. The molecule has 1 saturated carbocycles. The first-order chi connectivity index (χ1) is 6.66. The van der Waals surface area contributed by atoms with Crippen molar-refractivity contribution in [3.63, 3.8) is 0 Å². The van der Waals surface area contributed by atoms with E-state index in [1.807, 2.05) is 11.9 Å². The summed E-state index contributed by atoms with van der Waals surface area (Å²) in [5.41, 5.74) is 5.48. The molecule has 1 amide bonds. The van der Waals surface area contributed by atoms with Crippen LogP contribution in [0.4, 0.5) is 0 Å². The Bertz CT molecular complexity index is 188. The van der Waals surface area contributed by atoms with Gasteiger partial charge >= 0.3 is 0 Å². The van der Waals surface area contributed by atoms with Crippen LogP contribution in [-0.2, 0) is 4.79 Å². The Labute approximate surface area is 86.6 Å². The summed E-state index contributed by atoms with van der Waals surface area (Å²) in [4.78, 5) is 13.8. The molecular formula is C11H22N2O. The fourth-order valence-electron chi connectivity index (χ4n) is 2.11. The fraction of sp³-hybridized carbons (Fsp3) is 0.909. The average molecular weight is 198 g/mol. The number of amides is 1. The topological polar surface area (TPSA) is 46.3 Å². The zero-order valence-corrected chi connectivity index (χ0v) is 9.33. The lowest BCUT2D eigenvalue weighted by Crippen LogP contribution is -2.39. The maximum atomic E-state index is 11.9. The van der Waals surface area contributed by atoms with E-state index in [4.69, 9.17) is 5.73 Å². The van der Waals surface area contributed by atoms with E-state index in [0.29, 0.717) is 18.4 Å². The van der Waals surface area contributed by atoms with Crippen molar-refractivity contribution in [3.8, 4) is 0 Å². The molecule has 0 saturated heterocycles. The third-order valence-electron chi connectivity index (χ3n) is 3.30. The Balaban J connectivity index is 2.42. The smallest absolute Gasteiger partial charge is 0.225 e. The van der Waals surface area contributed by atoms with Crippen molar-refractivity contribution in [2.45, 2.75) is 45.1 Å². The van der Waals surface area contributed by atoms with Gasteiger partial charge in [-0.05, 0) is 32.7 Å². The van der Waals surface area contributed by atoms with Crippen LogP contribution >= 0.6 is 0 Å². The Kier molecular flexibility index (Phi) is 4.39. The van der Waals surface area contributed by atoms with E-state index in [1.165, 1.54) is 12.8 Å². The minimum absolute atomic E-state index is 0.285. The van der Waals surface area contributed by atoms with Crippen molar-refractivity contribution in [2.24, 2.45) is 11.7 Å². The van der Waals surface area contributed by atoms with E-state index in [2.05, 4.69) is 6.92 Å². The molecule has 0 radical (unpaired) electrons. The number of rotatable bonds is 4. The Morgan fingerprint density at radius 3 is 2.57 bits per heavy atom. The molecule has 2 N–H and O–H groups in total. The predicted molar refractivity (Wildman–Crippen MR) is 57.9 cm³/mol. The number of hydrogen-bond donors (Lipinski definition) is 1. The monoisotopic (exact) mass is 198 g/mol. The molecule has 1 unspecified atom stereocenters. The van der Waals surface area contributed by atoms with Crippen LogP contribution in [0, 0.1) is 5.92 Å². The highest BCUT2D eigenvalue weighted by Crippen LogP contribution is 2.26. The molecule has 0 spiro atoms. The van der Waals surface area contributed by atoms with Gasteiger partial charge in [0.1, 0.15) is 0 Å². The number of carbonyl (C=O) groups is 1. The van der Waals surface area contributed by atoms with Gasteiger partial charge in [0.25, 0.3) is 0 Å². The molecule has 3 nitrogen and oxygen atoms in total. The van der Waals surface area contributed by atoms with E-state index in [1.54, 1.807) is 0 Å². The van der Waals surface area contributed by atoms with Gasteiger partial charge in [0.05, 0.1) is 0 Å². The van der Waals surface area contributed by atoms with E-state index in [9.17, 15) is 4.79 Å². The molecule has 0 aromatic rings. The highest BCUT2D eigenvalue weighted by molar-refractivity contribution is 5.79. The summed E-state index contributed by atoms with van der Waals surface area (Å²) in [5.74, 6) is 0.615. The Hall–Kier alpha value is -0.570. The fourth-order valence-corrected chi connectivity index (χ4v) is 2.11. The van der Waals surface area contributed by atoms with Crippen LogP contribution < -0.4 is 5.73 Å². The maximum absolute atomic E-state index is 11.9. The van der Waals surface area contributed by atoms with Gasteiger partial charge in [0.15, 0.2) is 0 Å². The predicted octanol–water partition coefficient (Wildman–Crippen LogP) is 1.37. The standard InChI is InChI=1S/C11H22N2O/c1-9(7-8-12)13(2)11(14)10-5-3-4-6-10/h9-10H,3-8,12H2,1-2H3. The Morgan fingerprint density at radius 1 is 1.50 bits per heavy atom. The number of nitrogens with two attached hydrogens (primary N) is 1. The number of hydrogen-bond acceptors (Lipinski definition) is 2. The normalized spacial score (nSPS) is 19.6. The lowest BCUT2D eigenvalue weighted by molar-refractivity contribution is -0.135. The summed E-state index contributed by atoms with van der Waals surface area (Å²) in [7, 11) is 1.90. The van der Waals surface area contributed by atoms with Crippen molar-refractivity contribution < 1.29 is 4.79 Å². The maximum Gasteiger partial charge on any atom is 0.225 e. The molecule has 82 valence electrons. The third kappa shape index (κ3) is 2.71. The third-order valence-corrected chi connectivity index (χ3v) is 3.30. The minimum atomic E-state index is 0.285. The van der Waals surface area contributed by atoms with Gasteiger partial charge in [-0.15, -0.1) is 0 Å². The first kappa shape index (κ1) is 11.5. The van der Waals surface area contributed by atoms with Crippen LogP contribution in [-0.4, -0.2) is 30.4 Å². The zero-order valence-electron chi connectivity index (χ0n) is 9.33. The quantitative estimate of drug-likeness (QED) is 0.741. The van der Waals surface area contributed by atoms with Crippen molar-refractivity contribution >= 4 is 5.91 Å². The molecule has 1 aliphatic rings. The molecule has 1 aliphatic carbocycles. The second-order valence-electron chi connectivity index (χ2n) is 4.36. The summed E-state index contributed by atoms with van der Waals surface area (Å²) < 4.78 is 0. The first-order valence-corrected chi connectivity index (χ1v) is 5.63. The van der Waals surface area contributed by atoms with Crippen LogP contribution in [0.3, 0.4) is 0 Å². The van der Waals surface area contributed by atoms with Gasteiger partial charge in [0, 0.05) is 19.0 Å². The van der Waals surface area contributed by atoms with Gasteiger partial charge in [-0.25, -0.2) is 0 Å². The highest BCUT2D eigenvalue weighted by Gasteiger charge is 2.27. The van der Waals surface area contributed by atoms with Crippen molar-refractivity contribution in [1.82, 2.24) is 4.90 Å².